The first-order chi connectivity index (χ1) is 11.2. The number of hydrogen-bond acceptors (Lipinski definition) is 2. The molecule has 0 spiro atoms. The van der Waals surface area contributed by atoms with E-state index in [-0.39, 0.29) is 5.91 Å². The summed E-state index contributed by atoms with van der Waals surface area (Å²) in [5.74, 6) is 0.846. The van der Waals surface area contributed by atoms with Crippen molar-refractivity contribution in [3.05, 3.63) is 41.0 Å². The summed E-state index contributed by atoms with van der Waals surface area (Å²) in [5, 5.41) is 1.27. The number of para-hydroxylation sites is 1. The van der Waals surface area contributed by atoms with Gasteiger partial charge in [-0.25, -0.2) is 4.98 Å². The van der Waals surface area contributed by atoms with E-state index in [1.807, 2.05) is 29.2 Å². The fraction of sp³-hybridized carbons (Fsp3) is 0.474. The van der Waals surface area contributed by atoms with Crippen LogP contribution in [0, 0.1) is 5.92 Å². The van der Waals surface area contributed by atoms with E-state index in [1.54, 1.807) is 6.07 Å². The van der Waals surface area contributed by atoms with Crippen LogP contribution in [0.15, 0.2) is 30.3 Å². The third-order valence-corrected chi connectivity index (χ3v) is 4.94. The summed E-state index contributed by atoms with van der Waals surface area (Å²) in [4.78, 5) is 19.3. The van der Waals surface area contributed by atoms with Gasteiger partial charge in [-0.3, -0.25) is 4.79 Å². The lowest BCUT2D eigenvalue weighted by molar-refractivity contribution is 0.0761. The van der Waals surface area contributed by atoms with Crippen LogP contribution in [0.3, 0.4) is 0 Å². The Balaban J connectivity index is 1.86. The van der Waals surface area contributed by atoms with Crippen molar-refractivity contribution < 1.29 is 4.79 Å². The van der Waals surface area contributed by atoms with Crippen molar-refractivity contribution in [2.45, 2.75) is 39.0 Å². The summed E-state index contributed by atoms with van der Waals surface area (Å²) in [6.45, 7) is 3.92. The SMILES string of the molecule is CCCC1CCCN(C(=O)c2cc(Cl)nc3ccccc23)CC1. The number of aromatic nitrogens is 1. The van der Waals surface area contributed by atoms with E-state index in [2.05, 4.69) is 11.9 Å². The Kier molecular flexibility index (Phi) is 5.16. The Morgan fingerprint density at radius 2 is 2.13 bits per heavy atom. The quantitative estimate of drug-likeness (QED) is 0.747. The second-order valence-corrected chi connectivity index (χ2v) is 6.77. The van der Waals surface area contributed by atoms with Crippen LogP contribution in [-0.2, 0) is 0 Å². The van der Waals surface area contributed by atoms with E-state index in [9.17, 15) is 4.79 Å². The summed E-state index contributed by atoms with van der Waals surface area (Å²) in [6, 6.07) is 9.41. The topological polar surface area (TPSA) is 33.2 Å². The van der Waals surface area contributed by atoms with Gasteiger partial charge in [0.15, 0.2) is 0 Å². The highest BCUT2D eigenvalue weighted by Gasteiger charge is 2.23. The van der Waals surface area contributed by atoms with Gasteiger partial charge in [0.25, 0.3) is 5.91 Å². The number of fused-ring (bicyclic) bond motifs is 1. The normalized spacial score (nSPS) is 18.9. The van der Waals surface area contributed by atoms with E-state index in [1.165, 1.54) is 19.3 Å². The number of likely N-dealkylation sites (tertiary alicyclic amines) is 1. The number of hydrogen-bond donors (Lipinski definition) is 0. The lowest BCUT2D eigenvalue weighted by Gasteiger charge is -2.21. The van der Waals surface area contributed by atoms with Gasteiger partial charge in [-0.2, -0.15) is 0 Å². The molecular formula is C19H23ClN2O. The molecule has 2 aromatic rings. The average molecular weight is 331 g/mol. The standard InChI is InChI=1S/C19H23ClN2O/c1-2-6-14-7-5-11-22(12-10-14)19(23)16-13-18(20)21-17-9-4-3-8-15(16)17/h3-4,8-9,13-14H,2,5-7,10-12H2,1H3. The highest BCUT2D eigenvalue weighted by molar-refractivity contribution is 6.30. The van der Waals surface area contributed by atoms with Crippen molar-refractivity contribution in [2.24, 2.45) is 5.92 Å². The largest absolute Gasteiger partial charge is 0.339 e. The minimum Gasteiger partial charge on any atom is -0.339 e. The fourth-order valence-electron chi connectivity index (χ4n) is 3.56. The maximum atomic E-state index is 13.0. The number of benzene rings is 1. The monoisotopic (exact) mass is 330 g/mol. The zero-order valence-electron chi connectivity index (χ0n) is 13.6. The maximum absolute atomic E-state index is 13.0. The number of rotatable bonds is 3. The number of carbonyl (C=O) groups is 1. The van der Waals surface area contributed by atoms with Gasteiger partial charge < -0.3 is 4.90 Å². The van der Waals surface area contributed by atoms with Crippen LogP contribution in [0.2, 0.25) is 5.15 Å². The Bertz CT molecular complexity index is 701. The summed E-state index contributed by atoms with van der Waals surface area (Å²) in [6.07, 6.45) is 5.92. The highest BCUT2D eigenvalue weighted by Crippen LogP contribution is 2.26. The molecule has 0 saturated carbocycles. The zero-order valence-corrected chi connectivity index (χ0v) is 14.4. The van der Waals surface area contributed by atoms with E-state index >= 15 is 0 Å². The average Bonchev–Trinajstić information content (AvgIpc) is 2.79. The first kappa shape index (κ1) is 16.3. The van der Waals surface area contributed by atoms with Gasteiger partial charge in [-0.15, -0.1) is 0 Å². The molecule has 1 aromatic heterocycles. The molecule has 1 aliphatic heterocycles. The van der Waals surface area contributed by atoms with Crippen molar-refractivity contribution >= 4 is 28.4 Å². The van der Waals surface area contributed by atoms with E-state index < -0.39 is 0 Å². The second-order valence-electron chi connectivity index (χ2n) is 6.39. The Morgan fingerprint density at radius 3 is 2.96 bits per heavy atom. The van der Waals surface area contributed by atoms with E-state index in [4.69, 9.17) is 11.6 Å². The first-order valence-corrected chi connectivity index (χ1v) is 8.91. The van der Waals surface area contributed by atoms with Crippen molar-refractivity contribution in [3.8, 4) is 0 Å². The molecule has 3 rings (SSSR count). The van der Waals surface area contributed by atoms with Gasteiger partial charge in [0.05, 0.1) is 11.1 Å². The third-order valence-electron chi connectivity index (χ3n) is 4.75. The molecule has 4 heteroatoms. The van der Waals surface area contributed by atoms with Crippen LogP contribution < -0.4 is 0 Å². The van der Waals surface area contributed by atoms with Crippen LogP contribution in [-0.4, -0.2) is 28.9 Å². The zero-order chi connectivity index (χ0) is 16.2. The van der Waals surface area contributed by atoms with Crippen molar-refractivity contribution in [1.82, 2.24) is 9.88 Å². The van der Waals surface area contributed by atoms with Crippen molar-refractivity contribution in [1.29, 1.82) is 0 Å². The minimum atomic E-state index is 0.0858. The summed E-state index contributed by atoms with van der Waals surface area (Å²) in [7, 11) is 0. The second kappa shape index (κ2) is 7.31. The molecule has 0 radical (unpaired) electrons. The number of amides is 1. The van der Waals surface area contributed by atoms with Crippen LogP contribution >= 0.6 is 11.6 Å². The van der Waals surface area contributed by atoms with Crippen LogP contribution in [0.25, 0.3) is 10.9 Å². The third kappa shape index (κ3) is 3.66. The maximum Gasteiger partial charge on any atom is 0.254 e. The molecule has 0 bridgehead atoms. The van der Waals surface area contributed by atoms with Gasteiger partial charge in [-0.05, 0) is 37.3 Å². The van der Waals surface area contributed by atoms with Crippen LogP contribution in [0.1, 0.15) is 49.4 Å². The van der Waals surface area contributed by atoms with Gasteiger partial charge in [0, 0.05) is 18.5 Å². The molecule has 2 heterocycles. The molecule has 1 aromatic carbocycles. The molecule has 1 fully saturated rings. The number of pyridine rings is 1. The van der Waals surface area contributed by atoms with Crippen molar-refractivity contribution in [2.75, 3.05) is 13.1 Å². The van der Waals surface area contributed by atoms with E-state index in [0.29, 0.717) is 10.7 Å². The van der Waals surface area contributed by atoms with Gasteiger partial charge in [-0.1, -0.05) is 49.6 Å². The lowest BCUT2D eigenvalue weighted by Crippen LogP contribution is -2.32. The Labute approximate surface area is 142 Å². The molecule has 122 valence electrons. The first-order valence-electron chi connectivity index (χ1n) is 8.53. The van der Waals surface area contributed by atoms with Crippen molar-refractivity contribution in [3.63, 3.8) is 0 Å². The Morgan fingerprint density at radius 1 is 1.30 bits per heavy atom. The van der Waals surface area contributed by atoms with E-state index in [0.717, 1.165) is 42.8 Å². The number of carbonyl (C=O) groups excluding carboxylic acids is 1. The summed E-state index contributed by atoms with van der Waals surface area (Å²) >= 11 is 6.12. The summed E-state index contributed by atoms with van der Waals surface area (Å²) in [5.41, 5.74) is 1.46. The molecule has 1 aliphatic rings. The molecule has 1 atom stereocenters. The molecule has 1 amide bonds. The van der Waals surface area contributed by atoms with Gasteiger partial charge >= 0.3 is 0 Å². The number of nitrogens with zero attached hydrogens (tertiary/aromatic N) is 2. The molecular weight excluding hydrogens is 308 g/mol. The molecule has 0 aliphatic carbocycles. The molecule has 1 unspecified atom stereocenters. The predicted molar refractivity (Wildman–Crippen MR) is 94.9 cm³/mol. The van der Waals surface area contributed by atoms with Gasteiger partial charge in [0.1, 0.15) is 5.15 Å². The Hall–Kier alpha value is -1.61. The summed E-state index contributed by atoms with van der Waals surface area (Å²) < 4.78 is 0. The fourth-order valence-corrected chi connectivity index (χ4v) is 3.76. The number of halogens is 1. The van der Waals surface area contributed by atoms with Crippen LogP contribution in [0.4, 0.5) is 0 Å². The molecule has 0 N–H and O–H groups in total. The highest BCUT2D eigenvalue weighted by atomic mass is 35.5. The molecule has 3 nitrogen and oxygen atoms in total. The smallest absolute Gasteiger partial charge is 0.254 e. The molecule has 23 heavy (non-hydrogen) atoms. The predicted octanol–water partition coefficient (Wildman–Crippen LogP) is 4.93. The minimum absolute atomic E-state index is 0.0858. The van der Waals surface area contributed by atoms with Gasteiger partial charge in [0.2, 0.25) is 0 Å². The molecule has 1 saturated heterocycles. The van der Waals surface area contributed by atoms with Crippen LogP contribution in [0.5, 0.6) is 0 Å². The lowest BCUT2D eigenvalue weighted by atomic mass is 9.96.